The molecule has 242 valence electrons. The molecule has 2 saturated heterocycles. The molecule has 2 aromatic carbocycles. The molecular formula is C32H32ClF2N5O6. The van der Waals surface area contributed by atoms with Crippen LogP contribution >= 0.6 is 11.6 Å². The number of morpholine rings is 1. The van der Waals surface area contributed by atoms with E-state index in [0.29, 0.717) is 11.3 Å². The minimum absolute atomic E-state index is 0.0421. The number of fused-ring (bicyclic) bond motifs is 1. The number of aromatic nitrogens is 3. The summed E-state index contributed by atoms with van der Waals surface area (Å²) in [6.45, 7) is 2.73. The van der Waals surface area contributed by atoms with E-state index in [9.17, 15) is 33.4 Å². The van der Waals surface area contributed by atoms with Crippen molar-refractivity contribution < 1.29 is 33.3 Å². The van der Waals surface area contributed by atoms with Crippen molar-refractivity contribution in [1.29, 1.82) is 0 Å². The normalized spacial score (nSPS) is 20.0. The van der Waals surface area contributed by atoms with Gasteiger partial charge in [0.1, 0.15) is 11.5 Å². The molecule has 2 atom stereocenters. The Labute approximate surface area is 267 Å². The molecule has 2 amide bonds. The van der Waals surface area contributed by atoms with Crippen LogP contribution in [0.15, 0.2) is 65.7 Å². The number of ether oxygens (including phenoxy) is 1. The Morgan fingerprint density at radius 3 is 2.41 bits per heavy atom. The first-order chi connectivity index (χ1) is 21.9. The molecule has 11 nitrogen and oxygen atoms in total. The summed E-state index contributed by atoms with van der Waals surface area (Å²) in [5, 5.41) is 21.5. The quantitative estimate of drug-likeness (QED) is 0.303. The molecule has 0 aliphatic carbocycles. The highest BCUT2D eigenvalue weighted by Crippen LogP contribution is 2.30. The fraction of sp³-hybridized carbons (Fsp3) is 0.375. The number of halogens is 3. The van der Waals surface area contributed by atoms with Gasteiger partial charge in [0.05, 0.1) is 42.8 Å². The molecule has 0 radical (unpaired) electrons. The topological polar surface area (TPSA) is 130 Å². The van der Waals surface area contributed by atoms with Crippen molar-refractivity contribution in [2.75, 3.05) is 26.2 Å². The van der Waals surface area contributed by atoms with Crippen LogP contribution in [0, 0.1) is 0 Å². The van der Waals surface area contributed by atoms with Gasteiger partial charge in [0.25, 0.3) is 17.9 Å². The van der Waals surface area contributed by atoms with E-state index in [4.69, 9.17) is 16.3 Å². The lowest BCUT2D eigenvalue weighted by molar-refractivity contribution is -0.0465. The molecule has 2 fully saturated rings. The maximum atomic E-state index is 13.5. The van der Waals surface area contributed by atoms with E-state index in [0.717, 1.165) is 5.56 Å². The summed E-state index contributed by atoms with van der Waals surface area (Å²) in [4.78, 5) is 45.6. The summed E-state index contributed by atoms with van der Waals surface area (Å²) < 4.78 is 34.4. The molecule has 0 unspecified atom stereocenters. The first-order valence-electron chi connectivity index (χ1n) is 14.8. The molecule has 0 saturated carbocycles. The molecule has 2 aliphatic rings. The molecule has 4 heterocycles. The number of rotatable bonds is 6. The predicted molar refractivity (Wildman–Crippen MR) is 165 cm³/mol. The highest BCUT2D eigenvalue weighted by molar-refractivity contribution is 6.31. The predicted octanol–water partition coefficient (Wildman–Crippen LogP) is 4.89. The summed E-state index contributed by atoms with van der Waals surface area (Å²) in [6.07, 6.45) is -2.07. The maximum Gasteiger partial charge on any atom is 0.407 e. The van der Waals surface area contributed by atoms with Crippen LogP contribution in [0.4, 0.5) is 13.6 Å². The number of amides is 2. The van der Waals surface area contributed by atoms with E-state index in [1.165, 1.54) is 46.1 Å². The van der Waals surface area contributed by atoms with Gasteiger partial charge < -0.3 is 19.8 Å². The average Bonchev–Trinajstić information content (AvgIpc) is 3.39. The van der Waals surface area contributed by atoms with Crippen molar-refractivity contribution in [3.05, 3.63) is 93.1 Å². The van der Waals surface area contributed by atoms with Gasteiger partial charge in [-0.25, -0.2) is 18.6 Å². The number of carboxylic acid groups (broad SMARTS) is 1. The number of nitrogens with zero attached hydrogens (tertiary/aromatic N) is 5. The fourth-order valence-electron chi connectivity index (χ4n) is 6.13. The van der Waals surface area contributed by atoms with Gasteiger partial charge in [0.15, 0.2) is 5.65 Å². The van der Waals surface area contributed by atoms with Gasteiger partial charge in [-0.2, -0.15) is 0 Å². The van der Waals surface area contributed by atoms with Crippen LogP contribution in [0.5, 0.6) is 0 Å². The van der Waals surface area contributed by atoms with E-state index in [1.54, 1.807) is 33.7 Å². The summed E-state index contributed by atoms with van der Waals surface area (Å²) in [6, 6.07) is 13.4. The second-order valence-corrected chi connectivity index (χ2v) is 12.2. The largest absolute Gasteiger partial charge is 0.465 e. The average molecular weight is 656 g/mol. The van der Waals surface area contributed by atoms with Crippen LogP contribution in [0.25, 0.3) is 16.7 Å². The van der Waals surface area contributed by atoms with Gasteiger partial charge in [-0.15, -0.1) is 0 Å². The fourth-order valence-corrected chi connectivity index (χ4v) is 6.42. The number of hydrogen-bond acceptors (Lipinski definition) is 6. The van der Waals surface area contributed by atoms with Gasteiger partial charge >= 0.3 is 6.09 Å². The molecule has 0 bridgehead atoms. The third-order valence-electron chi connectivity index (χ3n) is 8.75. The number of benzene rings is 2. The Kier molecular flexibility index (Phi) is 8.57. The highest BCUT2D eigenvalue weighted by Gasteiger charge is 2.35. The number of carbonyl (C=O) groups is 2. The Bertz CT molecular complexity index is 1820. The van der Waals surface area contributed by atoms with Gasteiger partial charge in [-0.3, -0.25) is 23.6 Å². The minimum atomic E-state index is -2.62. The van der Waals surface area contributed by atoms with Crippen LogP contribution in [-0.2, 0) is 11.3 Å². The molecule has 46 heavy (non-hydrogen) atoms. The Morgan fingerprint density at radius 2 is 1.78 bits per heavy atom. The lowest BCUT2D eigenvalue weighted by atomic mass is 9.91. The zero-order valence-corrected chi connectivity index (χ0v) is 25.6. The summed E-state index contributed by atoms with van der Waals surface area (Å²) >= 11 is 6.58. The zero-order chi connectivity index (χ0) is 32.7. The molecule has 2 N–H and O–H groups in total. The summed E-state index contributed by atoms with van der Waals surface area (Å²) in [5.74, 6) is -0.312. The molecule has 0 spiro atoms. The second-order valence-electron chi connectivity index (χ2n) is 11.8. The van der Waals surface area contributed by atoms with Crippen molar-refractivity contribution >= 4 is 34.6 Å². The van der Waals surface area contributed by atoms with E-state index in [1.807, 2.05) is 6.92 Å². The van der Waals surface area contributed by atoms with E-state index in [-0.39, 0.29) is 84.9 Å². The number of piperidine rings is 1. The van der Waals surface area contributed by atoms with Crippen molar-refractivity contribution in [1.82, 2.24) is 23.9 Å². The Hall–Kier alpha value is -4.33. The standard InChI is InChI=1S/C32H32ClF2N5O6/c1-19-15-39(31(43)44)25(16-46-19)20-6-8-23(9-7-20)40-26(33)14-24-28(40)36-18-38(30(24)42)17-32(45)10-12-37(13-11-32)29(41)22-4-2-21(3-5-22)27(34)35/h2-9,14,18-19,25,27,45H,10-13,15-17H2,1H3,(H,43,44)/t19-,25-/m0/s1. The molecule has 14 heteroatoms. The minimum Gasteiger partial charge on any atom is -0.465 e. The lowest BCUT2D eigenvalue weighted by Gasteiger charge is -2.38. The molecule has 4 aromatic rings. The lowest BCUT2D eigenvalue weighted by Crippen LogP contribution is -2.49. The molecule has 6 rings (SSSR count). The maximum absolute atomic E-state index is 13.5. The Morgan fingerprint density at radius 1 is 1.11 bits per heavy atom. The van der Waals surface area contributed by atoms with Crippen molar-refractivity contribution in [3.8, 4) is 5.69 Å². The highest BCUT2D eigenvalue weighted by atomic mass is 35.5. The van der Waals surface area contributed by atoms with Crippen LogP contribution in [0.3, 0.4) is 0 Å². The van der Waals surface area contributed by atoms with Crippen molar-refractivity contribution in [2.24, 2.45) is 0 Å². The van der Waals surface area contributed by atoms with Crippen molar-refractivity contribution in [2.45, 2.75) is 50.5 Å². The smallest absolute Gasteiger partial charge is 0.407 e. The number of alkyl halides is 2. The number of aliphatic hydroxyl groups is 1. The van der Waals surface area contributed by atoms with Crippen LogP contribution < -0.4 is 5.56 Å². The van der Waals surface area contributed by atoms with Gasteiger partial charge in [-0.1, -0.05) is 35.9 Å². The molecule has 2 aliphatic heterocycles. The zero-order valence-electron chi connectivity index (χ0n) is 24.9. The monoisotopic (exact) mass is 655 g/mol. The van der Waals surface area contributed by atoms with E-state index in [2.05, 4.69) is 4.98 Å². The third-order valence-corrected chi connectivity index (χ3v) is 9.02. The molecular weight excluding hydrogens is 624 g/mol. The van der Waals surface area contributed by atoms with Gasteiger partial charge in [-0.05, 0) is 55.7 Å². The summed E-state index contributed by atoms with van der Waals surface area (Å²) in [7, 11) is 0. The molecule has 2 aromatic heterocycles. The third kappa shape index (κ3) is 6.09. The first-order valence-corrected chi connectivity index (χ1v) is 15.2. The second kappa shape index (κ2) is 12.5. The van der Waals surface area contributed by atoms with Crippen LogP contribution in [0.1, 0.15) is 53.7 Å². The number of likely N-dealkylation sites (tertiary alicyclic amines) is 1. The van der Waals surface area contributed by atoms with E-state index >= 15 is 0 Å². The first kappa shape index (κ1) is 31.6. The number of hydrogen-bond donors (Lipinski definition) is 2. The SMILES string of the molecule is C[C@H]1CN(C(=O)O)[C@H](c2ccc(-n3c(Cl)cc4c(=O)n(CC5(O)CCN(C(=O)c6ccc(C(F)F)cc6)CC5)cnc43)cc2)CO1. The van der Waals surface area contributed by atoms with Crippen LogP contribution in [0.2, 0.25) is 5.15 Å². The number of carbonyl (C=O) groups excluding carboxylic acids is 1. The van der Waals surface area contributed by atoms with Gasteiger partial charge in [0.2, 0.25) is 0 Å². The summed E-state index contributed by atoms with van der Waals surface area (Å²) in [5.41, 5.74) is 0.166. The Balaban J connectivity index is 1.16. The van der Waals surface area contributed by atoms with E-state index < -0.39 is 24.2 Å². The van der Waals surface area contributed by atoms with Gasteiger partial charge in [0, 0.05) is 29.9 Å². The van der Waals surface area contributed by atoms with Crippen LogP contribution in [-0.4, -0.2) is 84.1 Å². The van der Waals surface area contributed by atoms with Crippen molar-refractivity contribution in [3.63, 3.8) is 0 Å².